The van der Waals surface area contributed by atoms with E-state index in [1.54, 1.807) is 11.3 Å². The summed E-state index contributed by atoms with van der Waals surface area (Å²) in [5, 5.41) is 7.76. The zero-order valence-corrected chi connectivity index (χ0v) is 16.2. The van der Waals surface area contributed by atoms with Gasteiger partial charge in [-0.3, -0.25) is 4.57 Å². The van der Waals surface area contributed by atoms with Crippen LogP contribution in [0.25, 0.3) is 16.9 Å². The van der Waals surface area contributed by atoms with Gasteiger partial charge in [-0.1, -0.05) is 24.3 Å². The molecular weight excluding hydrogens is 368 g/mol. The van der Waals surface area contributed by atoms with Gasteiger partial charge in [0, 0.05) is 24.5 Å². The van der Waals surface area contributed by atoms with Crippen molar-refractivity contribution in [3.8, 4) is 5.69 Å². The van der Waals surface area contributed by atoms with E-state index in [1.165, 1.54) is 24.0 Å². The average molecular weight is 389 g/mol. The SMILES string of the molecule is c1ccc2c(c1)CCN(c1nc(NC3CC3)c3ncn(-c4ccsc4)c3n1)C2. The Balaban J connectivity index is 1.46. The largest absolute Gasteiger partial charge is 0.365 e. The smallest absolute Gasteiger partial charge is 0.229 e. The Morgan fingerprint density at radius 1 is 1.07 bits per heavy atom. The number of rotatable bonds is 4. The predicted molar refractivity (Wildman–Crippen MR) is 112 cm³/mol. The zero-order valence-electron chi connectivity index (χ0n) is 15.4. The monoisotopic (exact) mass is 388 g/mol. The van der Waals surface area contributed by atoms with Crippen LogP contribution in [-0.2, 0) is 13.0 Å². The fraction of sp³-hybridized carbons (Fsp3) is 0.286. The molecule has 0 spiro atoms. The third-order valence-electron chi connectivity index (χ3n) is 5.50. The Kier molecular flexibility index (Phi) is 3.62. The van der Waals surface area contributed by atoms with Crippen LogP contribution < -0.4 is 10.2 Å². The minimum absolute atomic E-state index is 0.513. The molecule has 0 atom stereocenters. The van der Waals surface area contributed by atoms with Crippen LogP contribution in [0.1, 0.15) is 24.0 Å². The number of benzene rings is 1. The molecule has 6 rings (SSSR count). The predicted octanol–water partition coefficient (Wildman–Crippen LogP) is 4.01. The van der Waals surface area contributed by atoms with Crippen LogP contribution in [0.3, 0.4) is 0 Å². The van der Waals surface area contributed by atoms with E-state index in [-0.39, 0.29) is 0 Å². The van der Waals surface area contributed by atoms with Gasteiger partial charge in [0.2, 0.25) is 5.95 Å². The summed E-state index contributed by atoms with van der Waals surface area (Å²) in [6.07, 6.45) is 5.27. The van der Waals surface area contributed by atoms with Crippen molar-refractivity contribution < 1.29 is 0 Å². The third kappa shape index (κ3) is 2.74. The Bertz CT molecular complexity index is 1150. The Morgan fingerprint density at radius 3 is 2.79 bits per heavy atom. The summed E-state index contributed by atoms with van der Waals surface area (Å²) < 4.78 is 2.06. The summed E-state index contributed by atoms with van der Waals surface area (Å²) in [5.74, 6) is 1.64. The first kappa shape index (κ1) is 16.1. The molecular formula is C21H20N6S. The van der Waals surface area contributed by atoms with Crippen molar-refractivity contribution in [3.63, 3.8) is 0 Å². The fourth-order valence-corrected chi connectivity index (χ4v) is 4.43. The highest BCUT2D eigenvalue weighted by Crippen LogP contribution is 2.31. The first-order valence-corrected chi connectivity index (χ1v) is 10.7. The van der Waals surface area contributed by atoms with Crippen LogP contribution in [0, 0.1) is 0 Å². The van der Waals surface area contributed by atoms with Crippen LogP contribution >= 0.6 is 11.3 Å². The molecule has 0 bridgehead atoms. The van der Waals surface area contributed by atoms with Crippen LogP contribution in [0.5, 0.6) is 0 Å². The first-order chi connectivity index (χ1) is 13.8. The van der Waals surface area contributed by atoms with Crippen molar-refractivity contribution in [1.82, 2.24) is 19.5 Å². The maximum absolute atomic E-state index is 4.96. The normalized spacial score (nSPS) is 16.4. The molecule has 1 aliphatic carbocycles. The molecule has 1 N–H and O–H groups in total. The van der Waals surface area contributed by atoms with Gasteiger partial charge in [0.25, 0.3) is 0 Å². The molecule has 1 aromatic carbocycles. The highest BCUT2D eigenvalue weighted by atomic mass is 32.1. The number of hydrogen-bond acceptors (Lipinski definition) is 6. The minimum atomic E-state index is 0.513. The maximum Gasteiger partial charge on any atom is 0.229 e. The quantitative estimate of drug-likeness (QED) is 0.572. The number of hydrogen-bond donors (Lipinski definition) is 1. The lowest BCUT2D eigenvalue weighted by Gasteiger charge is -2.29. The van der Waals surface area contributed by atoms with E-state index in [0.717, 1.165) is 48.1 Å². The van der Waals surface area contributed by atoms with Crippen LogP contribution in [0.15, 0.2) is 47.4 Å². The van der Waals surface area contributed by atoms with Gasteiger partial charge >= 0.3 is 0 Å². The number of thiophene rings is 1. The number of nitrogens with zero attached hydrogens (tertiary/aromatic N) is 5. The first-order valence-electron chi connectivity index (χ1n) is 9.71. The van der Waals surface area contributed by atoms with Crippen molar-refractivity contribution in [2.24, 2.45) is 0 Å². The van der Waals surface area contributed by atoms with Crippen LogP contribution in [0.2, 0.25) is 0 Å². The molecule has 1 saturated carbocycles. The molecule has 2 aliphatic rings. The fourth-order valence-electron chi connectivity index (χ4n) is 3.80. The molecule has 0 amide bonds. The minimum Gasteiger partial charge on any atom is -0.365 e. The van der Waals surface area contributed by atoms with Crippen molar-refractivity contribution >= 4 is 34.3 Å². The van der Waals surface area contributed by atoms with E-state index in [1.807, 2.05) is 6.33 Å². The summed E-state index contributed by atoms with van der Waals surface area (Å²) in [5.41, 5.74) is 5.60. The standard InChI is InChI=1S/C21H20N6S/c1-2-4-15-11-26(9-7-14(15)3-1)21-24-19(23-16-5-6-16)18-20(25-21)27(13-22-18)17-8-10-28-12-17/h1-4,8,10,12-13,16H,5-7,9,11H2,(H,23,24,25). The Hall–Kier alpha value is -2.93. The second-order valence-electron chi connectivity index (χ2n) is 7.50. The molecule has 0 radical (unpaired) electrons. The van der Waals surface area contributed by atoms with Crippen molar-refractivity contribution in [2.45, 2.75) is 31.8 Å². The highest BCUT2D eigenvalue weighted by Gasteiger charge is 2.26. The molecule has 28 heavy (non-hydrogen) atoms. The van der Waals surface area contributed by atoms with Crippen molar-refractivity contribution in [2.75, 3.05) is 16.8 Å². The number of anilines is 2. The van der Waals surface area contributed by atoms with Crippen LogP contribution in [0.4, 0.5) is 11.8 Å². The van der Waals surface area contributed by atoms with Gasteiger partial charge in [0.05, 0.1) is 5.69 Å². The third-order valence-corrected chi connectivity index (χ3v) is 6.17. The van der Waals surface area contributed by atoms with Gasteiger partial charge in [0.1, 0.15) is 6.33 Å². The Morgan fingerprint density at radius 2 is 1.96 bits per heavy atom. The lowest BCUT2D eigenvalue weighted by molar-refractivity contribution is 0.709. The summed E-state index contributed by atoms with van der Waals surface area (Å²) in [7, 11) is 0. The lowest BCUT2D eigenvalue weighted by Crippen LogP contribution is -2.32. The summed E-state index contributed by atoms with van der Waals surface area (Å²) in [6.45, 7) is 1.77. The number of fused-ring (bicyclic) bond motifs is 2. The van der Waals surface area contributed by atoms with Gasteiger partial charge in [-0.2, -0.15) is 21.3 Å². The number of aromatic nitrogens is 4. The van der Waals surface area contributed by atoms with Gasteiger partial charge in [-0.25, -0.2) is 4.98 Å². The highest BCUT2D eigenvalue weighted by molar-refractivity contribution is 7.08. The molecule has 3 aromatic heterocycles. The topological polar surface area (TPSA) is 58.9 Å². The van der Waals surface area contributed by atoms with Gasteiger partial charge in [0.15, 0.2) is 17.0 Å². The van der Waals surface area contributed by atoms with Crippen molar-refractivity contribution in [3.05, 3.63) is 58.5 Å². The van der Waals surface area contributed by atoms with E-state index in [2.05, 4.69) is 60.9 Å². The molecule has 7 heteroatoms. The summed E-state index contributed by atoms with van der Waals surface area (Å²) in [6, 6.07) is 11.3. The molecule has 140 valence electrons. The molecule has 4 heterocycles. The molecule has 1 fully saturated rings. The van der Waals surface area contributed by atoms with E-state index >= 15 is 0 Å². The van der Waals surface area contributed by atoms with Gasteiger partial charge in [-0.15, -0.1) is 0 Å². The molecule has 4 aromatic rings. The summed E-state index contributed by atoms with van der Waals surface area (Å²) >= 11 is 1.68. The number of imidazole rings is 1. The average Bonchev–Trinajstić information content (AvgIpc) is 3.20. The van der Waals surface area contributed by atoms with Crippen molar-refractivity contribution in [1.29, 1.82) is 0 Å². The molecule has 1 aliphatic heterocycles. The molecule has 0 saturated heterocycles. The van der Waals surface area contributed by atoms with E-state index in [4.69, 9.17) is 9.97 Å². The molecule has 6 nitrogen and oxygen atoms in total. The van der Waals surface area contributed by atoms with Gasteiger partial charge < -0.3 is 10.2 Å². The Labute approximate surface area is 166 Å². The maximum atomic E-state index is 4.96. The van der Waals surface area contributed by atoms with E-state index < -0.39 is 0 Å². The van der Waals surface area contributed by atoms with E-state index in [9.17, 15) is 0 Å². The van der Waals surface area contributed by atoms with Crippen LogP contribution in [-0.4, -0.2) is 32.1 Å². The zero-order chi connectivity index (χ0) is 18.5. The number of nitrogens with one attached hydrogen (secondary N) is 1. The molecule has 0 unspecified atom stereocenters. The second-order valence-corrected chi connectivity index (χ2v) is 8.28. The lowest BCUT2D eigenvalue weighted by atomic mass is 10.0. The second kappa shape index (κ2) is 6.31. The van der Waals surface area contributed by atoms with Gasteiger partial charge in [-0.05, 0) is 41.8 Å². The van der Waals surface area contributed by atoms with E-state index in [0.29, 0.717) is 6.04 Å². The summed E-state index contributed by atoms with van der Waals surface area (Å²) in [4.78, 5) is 16.8.